The normalized spacial score (nSPS) is 10.1. The number of ether oxygens (including phenoxy) is 1. The van der Waals surface area contributed by atoms with Gasteiger partial charge in [0, 0.05) is 12.7 Å². The first-order valence-corrected chi connectivity index (χ1v) is 7.01. The third kappa shape index (κ3) is 3.81. The minimum atomic E-state index is -0.126. The van der Waals surface area contributed by atoms with Gasteiger partial charge >= 0.3 is 0 Å². The van der Waals surface area contributed by atoms with E-state index < -0.39 is 0 Å². The average Bonchev–Trinajstić information content (AvgIpc) is 2.48. The molecule has 5 heteroatoms. The van der Waals surface area contributed by atoms with Gasteiger partial charge in [0.15, 0.2) is 0 Å². The molecule has 20 heavy (non-hydrogen) atoms. The van der Waals surface area contributed by atoms with Gasteiger partial charge in [-0.1, -0.05) is 12.1 Å². The lowest BCUT2D eigenvalue weighted by Crippen LogP contribution is -2.26. The fourth-order valence-corrected chi connectivity index (χ4v) is 2.19. The van der Waals surface area contributed by atoms with Gasteiger partial charge in [0.1, 0.15) is 10.4 Å². The van der Waals surface area contributed by atoms with E-state index in [-0.39, 0.29) is 5.91 Å². The lowest BCUT2D eigenvalue weighted by Gasteiger charge is -2.07. The van der Waals surface area contributed by atoms with Crippen LogP contribution in [-0.4, -0.2) is 24.5 Å². The standard InChI is InChI=1S/C15H15BrN2O2/c1-20-12-6-4-11(5-7-12)8-10-18-15(19)13-3-2-9-17-14(13)16/h2-7,9H,8,10H2,1H3,(H,18,19). The molecule has 1 aromatic carbocycles. The number of carbonyl (C=O) groups excluding carboxylic acids is 1. The molecule has 0 bridgehead atoms. The summed E-state index contributed by atoms with van der Waals surface area (Å²) in [7, 11) is 1.64. The number of aromatic nitrogens is 1. The molecule has 0 aliphatic heterocycles. The molecule has 0 saturated carbocycles. The second kappa shape index (κ2) is 7.05. The number of pyridine rings is 1. The number of nitrogens with one attached hydrogen (secondary N) is 1. The Kier molecular flexibility index (Phi) is 5.12. The Labute approximate surface area is 126 Å². The van der Waals surface area contributed by atoms with Crippen LogP contribution >= 0.6 is 15.9 Å². The van der Waals surface area contributed by atoms with Crippen molar-refractivity contribution in [3.8, 4) is 5.75 Å². The third-order valence-corrected chi connectivity index (χ3v) is 3.49. The molecular weight excluding hydrogens is 320 g/mol. The van der Waals surface area contributed by atoms with Crippen molar-refractivity contribution >= 4 is 21.8 Å². The number of amides is 1. The van der Waals surface area contributed by atoms with E-state index in [9.17, 15) is 4.79 Å². The average molecular weight is 335 g/mol. The summed E-state index contributed by atoms with van der Waals surface area (Å²) in [6.07, 6.45) is 2.41. The topological polar surface area (TPSA) is 51.2 Å². The van der Waals surface area contributed by atoms with E-state index in [0.29, 0.717) is 16.7 Å². The van der Waals surface area contributed by atoms with Gasteiger partial charge in [-0.05, 0) is 52.2 Å². The highest BCUT2D eigenvalue weighted by Gasteiger charge is 2.09. The summed E-state index contributed by atoms with van der Waals surface area (Å²) < 4.78 is 5.66. The molecule has 0 radical (unpaired) electrons. The Balaban J connectivity index is 1.86. The van der Waals surface area contributed by atoms with Gasteiger partial charge in [-0.25, -0.2) is 4.98 Å². The Morgan fingerprint density at radius 2 is 2.05 bits per heavy atom. The lowest BCUT2D eigenvalue weighted by atomic mass is 10.1. The maximum absolute atomic E-state index is 12.0. The summed E-state index contributed by atoms with van der Waals surface area (Å²) in [5.41, 5.74) is 1.69. The Bertz CT molecular complexity index is 585. The predicted octanol–water partition coefficient (Wildman–Crippen LogP) is 2.83. The van der Waals surface area contributed by atoms with Crippen molar-refractivity contribution in [2.75, 3.05) is 13.7 Å². The molecule has 2 rings (SSSR count). The summed E-state index contributed by atoms with van der Waals surface area (Å²) in [4.78, 5) is 16.0. The molecule has 0 aliphatic rings. The highest BCUT2D eigenvalue weighted by atomic mass is 79.9. The van der Waals surface area contributed by atoms with Crippen LogP contribution < -0.4 is 10.1 Å². The van der Waals surface area contributed by atoms with Crippen LogP contribution in [0.4, 0.5) is 0 Å². The summed E-state index contributed by atoms with van der Waals surface area (Å²) in [5.74, 6) is 0.704. The maximum atomic E-state index is 12.0. The third-order valence-electron chi connectivity index (χ3n) is 2.86. The molecule has 0 unspecified atom stereocenters. The Morgan fingerprint density at radius 3 is 2.70 bits per heavy atom. The van der Waals surface area contributed by atoms with Crippen LogP contribution in [0, 0.1) is 0 Å². The molecule has 0 saturated heterocycles. The van der Waals surface area contributed by atoms with Gasteiger partial charge in [-0.3, -0.25) is 4.79 Å². The van der Waals surface area contributed by atoms with Crippen molar-refractivity contribution in [3.05, 3.63) is 58.3 Å². The van der Waals surface area contributed by atoms with Crippen LogP contribution in [0.1, 0.15) is 15.9 Å². The van der Waals surface area contributed by atoms with Crippen molar-refractivity contribution in [1.82, 2.24) is 10.3 Å². The molecule has 0 aliphatic carbocycles. The number of methoxy groups -OCH3 is 1. The van der Waals surface area contributed by atoms with Crippen molar-refractivity contribution in [2.45, 2.75) is 6.42 Å². The SMILES string of the molecule is COc1ccc(CCNC(=O)c2cccnc2Br)cc1. The van der Waals surface area contributed by atoms with E-state index in [1.165, 1.54) is 0 Å². The van der Waals surface area contributed by atoms with E-state index in [0.717, 1.165) is 17.7 Å². The predicted molar refractivity (Wildman–Crippen MR) is 81.0 cm³/mol. The molecule has 2 aromatic rings. The van der Waals surface area contributed by atoms with Gasteiger partial charge in [-0.15, -0.1) is 0 Å². The number of hydrogen-bond donors (Lipinski definition) is 1. The van der Waals surface area contributed by atoms with Crippen LogP contribution in [0.5, 0.6) is 5.75 Å². The Hall–Kier alpha value is -1.88. The van der Waals surface area contributed by atoms with Gasteiger partial charge in [-0.2, -0.15) is 0 Å². The van der Waals surface area contributed by atoms with Crippen LogP contribution in [0.3, 0.4) is 0 Å². The van der Waals surface area contributed by atoms with Crippen LogP contribution in [0.15, 0.2) is 47.2 Å². The fraction of sp³-hybridized carbons (Fsp3) is 0.200. The first-order valence-electron chi connectivity index (χ1n) is 6.22. The molecule has 1 N–H and O–H groups in total. The highest BCUT2D eigenvalue weighted by molar-refractivity contribution is 9.10. The Morgan fingerprint density at radius 1 is 1.30 bits per heavy atom. The van der Waals surface area contributed by atoms with Gasteiger partial charge in [0.05, 0.1) is 12.7 Å². The second-order valence-corrected chi connectivity index (χ2v) is 4.95. The zero-order chi connectivity index (χ0) is 14.4. The maximum Gasteiger partial charge on any atom is 0.254 e. The number of benzene rings is 1. The summed E-state index contributed by atoms with van der Waals surface area (Å²) in [6, 6.07) is 11.3. The fourth-order valence-electron chi connectivity index (χ4n) is 1.76. The largest absolute Gasteiger partial charge is 0.497 e. The zero-order valence-corrected chi connectivity index (χ0v) is 12.7. The monoisotopic (exact) mass is 334 g/mol. The van der Waals surface area contributed by atoms with Gasteiger partial charge < -0.3 is 10.1 Å². The molecule has 1 aromatic heterocycles. The number of carbonyl (C=O) groups is 1. The minimum Gasteiger partial charge on any atom is -0.497 e. The number of nitrogens with zero attached hydrogens (tertiary/aromatic N) is 1. The smallest absolute Gasteiger partial charge is 0.254 e. The molecule has 104 valence electrons. The van der Waals surface area contributed by atoms with Crippen LogP contribution in [-0.2, 0) is 6.42 Å². The first kappa shape index (κ1) is 14.5. The number of rotatable bonds is 5. The van der Waals surface area contributed by atoms with Gasteiger partial charge in [0.2, 0.25) is 0 Å². The second-order valence-electron chi connectivity index (χ2n) is 4.20. The first-order chi connectivity index (χ1) is 9.70. The summed E-state index contributed by atoms with van der Waals surface area (Å²) in [5, 5.41) is 2.88. The highest BCUT2D eigenvalue weighted by Crippen LogP contribution is 2.13. The van der Waals surface area contributed by atoms with E-state index in [1.54, 1.807) is 25.4 Å². The van der Waals surface area contributed by atoms with E-state index in [1.807, 2.05) is 24.3 Å². The quantitative estimate of drug-likeness (QED) is 0.855. The van der Waals surface area contributed by atoms with Crippen LogP contribution in [0.2, 0.25) is 0 Å². The molecule has 0 fully saturated rings. The molecular formula is C15H15BrN2O2. The minimum absolute atomic E-state index is 0.126. The van der Waals surface area contributed by atoms with Crippen molar-refractivity contribution in [1.29, 1.82) is 0 Å². The van der Waals surface area contributed by atoms with E-state index in [2.05, 4.69) is 26.2 Å². The number of halogens is 1. The van der Waals surface area contributed by atoms with Crippen LogP contribution in [0.25, 0.3) is 0 Å². The lowest BCUT2D eigenvalue weighted by molar-refractivity contribution is 0.0953. The van der Waals surface area contributed by atoms with Crippen molar-refractivity contribution in [3.63, 3.8) is 0 Å². The van der Waals surface area contributed by atoms with Crippen molar-refractivity contribution in [2.24, 2.45) is 0 Å². The molecule has 4 nitrogen and oxygen atoms in total. The van der Waals surface area contributed by atoms with Crippen molar-refractivity contribution < 1.29 is 9.53 Å². The molecule has 1 heterocycles. The molecule has 0 atom stereocenters. The summed E-state index contributed by atoms with van der Waals surface area (Å²) in [6.45, 7) is 0.576. The molecule has 0 spiro atoms. The van der Waals surface area contributed by atoms with E-state index in [4.69, 9.17) is 4.74 Å². The summed E-state index contributed by atoms with van der Waals surface area (Å²) >= 11 is 3.26. The molecule has 1 amide bonds. The zero-order valence-electron chi connectivity index (χ0n) is 11.1. The number of hydrogen-bond acceptors (Lipinski definition) is 3. The van der Waals surface area contributed by atoms with Gasteiger partial charge in [0.25, 0.3) is 5.91 Å². The van der Waals surface area contributed by atoms with E-state index >= 15 is 0 Å².